The minimum Gasteiger partial charge on any atom is -0.313 e. The molecule has 0 aliphatic heterocycles. The number of hydrogen-bond donors (Lipinski definition) is 1. The zero-order valence-corrected chi connectivity index (χ0v) is 11.3. The zero-order valence-electron chi connectivity index (χ0n) is 11.3. The second kappa shape index (κ2) is 6.72. The van der Waals surface area contributed by atoms with Crippen LogP contribution in [0.1, 0.15) is 25.0 Å². The summed E-state index contributed by atoms with van der Waals surface area (Å²) in [5.41, 5.74) is 2.21. The van der Waals surface area contributed by atoms with Crippen LogP contribution in [0, 0.1) is 12.7 Å². The summed E-state index contributed by atoms with van der Waals surface area (Å²) in [4.78, 5) is 2.25. The first-order chi connectivity index (χ1) is 7.99. The third-order valence-corrected chi connectivity index (χ3v) is 2.79. The van der Waals surface area contributed by atoms with Crippen molar-refractivity contribution in [3.05, 3.63) is 35.1 Å². The van der Waals surface area contributed by atoms with Crippen molar-refractivity contribution in [1.82, 2.24) is 10.2 Å². The Balaban J connectivity index is 2.42. The second-order valence-corrected chi connectivity index (χ2v) is 4.92. The van der Waals surface area contributed by atoms with Gasteiger partial charge in [0.15, 0.2) is 0 Å². The average Bonchev–Trinajstić information content (AvgIpc) is 2.21. The van der Waals surface area contributed by atoms with Crippen molar-refractivity contribution in [2.45, 2.75) is 33.4 Å². The highest BCUT2D eigenvalue weighted by atomic mass is 19.1. The Morgan fingerprint density at radius 1 is 1.35 bits per heavy atom. The molecular weight excluding hydrogens is 215 g/mol. The predicted molar refractivity (Wildman–Crippen MR) is 70.6 cm³/mol. The SMILES string of the molecule is Cc1cc(F)ccc1CN(C)CCNC(C)C. The third kappa shape index (κ3) is 5.29. The minimum atomic E-state index is -0.157. The molecule has 0 aliphatic rings. The van der Waals surface area contributed by atoms with Crippen LogP contribution in [-0.2, 0) is 6.54 Å². The third-order valence-electron chi connectivity index (χ3n) is 2.79. The van der Waals surface area contributed by atoms with Gasteiger partial charge in [0.2, 0.25) is 0 Å². The van der Waals surface area contributed by atoms with Crippen molar-refractivity contribution in [3.8, 4) is 0 Å². The molecule has 0 atom stereocenters. The van der Waals surface area contributed by atoms with Gasteiger partial charge in [0.25, 0.3) is 0 Å². The molecule has 1 N–H and O–H groups in total. The van der Waals surface area contributed by atoms with Crippen molar-refractivity contribution >= 4 is 0 Å². The summed E-state index contributed by atoms with van der Waals surface area (Å²) in [6, 6.07) is 5.52. The van der Waals surface area contributed by atoms with E-state index in [1.165, 1.54) is 11.6 Å². The van der Waals surface area contributed by atoms with E-state index in [4.69, 9.17) is 0 Å². The van der Waals surface area contributed by atoms with Gasteiger partial charge >= 0.3 is 0 Å². The molecule has 1 aromatic carbocycles. The number of hydrogen-bond acceptors (Lipinski definition) is 2. The first kappa shape index (κ1) is 14.1. The van der Waals surface area contributed by atoms with Gasteiger partial charge in [0.05, 0.1) is 0 Å². The monoisotopic (exact) mass is 238 g/mol. The Morgan fingerprint density at radius 2 is 2.06 bits per heavy atom. The number of nitrogens with zero attached hydrogens (tertiary/aromatic N) is 1. The molecular formula is C14H23FN2. The molecule has 0 spiro atoms. The number of halogens is 1. The van der Waals surface area contributed by atoms with Gasteiger partial charge in [-0.15, -0.1) is 0 Å². The van der Waals surface area contributed by atoms with E-state index in [-0.39, 0.29) is 5.82 Å². The highest BCUT2D eigenvalue weighted by Crippen LogP contribution is 2.11. The average molecular weight is 238 g/mol. The quantitative estimate of drug-likeness (QED) is 0.819. The van der Waals surface area contributed by atoms with Gasteiger partial charge in [-0.1, -0.05) is 19.9 Å². The van der Waals surface area contributed by atoms with Crippen LogP contribution < -0.4 is 5.32 Å². The predicted octanol–water partition coefficient (Wildman–Crippen LogP) is 2.56. The van der Waals surface area contributed by atoms with Gasteiger partial charge in [-0.3, -0.25) is 0 Å². The van der Waals surface area contributed by atoms with Crippen LogP contribution in [-0.4, -0.2) is 31.1 Å². The molecule has 0 aliphatic carbocycles. The maximum absolute atomic E-state index is 13.0. The maximum Gasteiger partial charge on any atom is 0.123 e. The van der Waals surface area contributed by atoms with E-state index in [2.05, 4.69) is 31.1 Å². The van der Waals surface area contributed by atoms with Gasteiger partial charge in [-0.2, -0.15) is 0 Å². The van der Waals surface area contributed by atoms with Crippen molar-refractivity contribution < 1.29 is 4.39 Å². The Hall–Kier alpha value is -0.930. The molecule has 2 nitrogen and oxygen atoms in total. The first-order valence-corrected chi connectivity index (χ1v) is 6.16. The Morgan fingerprint density at radius 3 is 2.65 bits per heavy atom. The van der Waals surface area contributed by atoms with Crippen molar-refractivity contribution in [3.63, 3.8) is 0 Å². The van der Waals surface area contributed by atoms with Crippen LogP contribution in [0.5, 0.6) is 0 Å². The Bertz CT molecular complexity index is 350. The van der Waals surface area contributed by atoms with E-state index < -0.39 is 0 Å². The minimum absolute atomic E-state index is 0.157. The van der Waals surface area contributed by atoms with E-state index in [0.29, 0.717) is 6.04 Å². The summed E-state index contributed by atoms with van der Waals surface area (Å²) < 4.78 is 13.0. The molecule has 0 fully saturated rings. The molecule has 1 aromatic rings. The summed E-state index contributed by atoms with van der Waals surface area (Å²) in [5, 5.41) is 3.38. The van der Waals surface area contributed by atoms with Crippen molar-refractivity contribution in [2.75, 3.05) is 20.1 Å². The smallest absolute Gasteiger partial charge is 0.123 e. The summed E-state index contributed by atoms with van der Waals surface area (Å²) in [6.45, 7) is 9.09. The molecule has 0 unspecified atom stereocenters. The summed E-state index contributed by atoms with van der Waals surface area (Å²) in [6.07, 6.45) is 0. The molecule has 0 saturated carbocycles. The standard InChI is InChI=1S/C14H23FN2/c1-11(2)16-7-8-17(4)10-13-5-6-14(15)9-12(13)3/h5-6,9,11,16H,7-8,10H2,1-4H3. The lowest BCUT2D eigenvalue weighted by atomic mass is 10.1. The molecule has 0 radical (unpaired) electrons. The fourth-order valence-electron chi connectivity index (χ4n) is 1.75. The van der Waals surface area contributed by atoms with Crippen LogP contribution in [0.15, 0.2) is 18.2 Å². The lowest BCUT2D eigenvalue weighted by Gasteiger charge is -2.19. The Kier molecular flexibility index (Phi) is 5.59. The van der Waals surface area contributed by atoms with E-state index >= 15 is 0 Å². The number of aryl methyl sites for hydroxylation is 1. The highest BCUT2D eigenvalue weighted by Gasteiger charge is 2.04. The molecule has 96 valence electrons. The normalized spacial score (nSPS) is 11.5. The zero-order chi connectivity index (χ0) is 12.8. The largest absolute Gasteiger partial charge is 0.313 e. The molecule has 1 rings (SSSR count). The maximum atomic E-state index is 13.0. The summed E-state index contributed by atoms with van der Waals surface area (Å²) >= 11 is 0. The molecule has 0 bridgehead atoms. The first-order valence-electron chi connectivity index (χ1n) is 6.16. The van der Waals surface area contributed by atoms with Crippen LogP contribution in [0.2, 0.25) is 0 Å². The molecule has 17 heavy (non-hydrogen) atoms. The highest BCUT2D eigenvalue weighted by molar-refractivity contribution is 5.26. The van der Waals surface area contributed by atoms with Gasteiger partial charge < -0.3 is 10.2 Å². The van der Waals surface area contributed by atoms with E-state index in [1.807, 2.05) is 13.0 Å². The van der Waals surface area contributed by atoms with Gasteiger partial charge in [0, 0.05) is 25.7 Å². The fourth-order valence-corrected chi connectivity index (χ4v) is 1.75. The molecule has 0 heterocycles. The fraction of sp³-hybridized carbons (Fsp3) is 0.571. The van der Waals surface area contributed by atoms with Crippen LogP contribution in [0.4, 0.5) is 4.39 Å². The topological polar surface area (TPSA) is 15.3 Å². The lowest BCUT2D eigenvalue weighted by molar-refractivity contribution is 0.319. The van der Waals surface area contributed by atoms with Crippen LogP contribution in [0.25, 0.3) is 0 Å². The summed E-state index contributed by atoms with van der Waals surface area (Å²) in [7, 11) is 2.09. The van der Waals surface area contributed by atoms with E-state index in [0.717, 1.165) is 25.2 Å². The van der Waals surface area contributed by atoms with Crippen LogP contribution >= 0.6 is 0 Å². The van der Waals surface area contributed by atoms with Gasteiger partial charge in [0.1, 0.15) is 5.82 Å². The number of likely N-dealkylation sites (N-methyl/N-ethyl adjacent to an activating group) is 1. The molecule has 3 heteroatoms. The molecule has 0 aromatic heterocycles. The number of benzene rings is 1. The van der Waals surface area contributed by atoms with Gasteiger partial charge in [-0.25, -0.2) is 4.39 Å². The van der Waals surface area contributed by atoms with Crippen molar-refractivity contribution in [1.29, 1.82) is 0 Å². The van der Waals surface area contributed by atoms with E-state index in [9.17, 15) is 4.39 Å². The lowest BCUT2D eigenvalue weighted by Crippen LogP contribution is -2.32. The number of rotatable bonds is 6. The number of nitrogens with one attached hydrogen (secondary N) is 1. The van der Waals surface area contributed by atoms with Crippen molar-refractivity contribution in [2.24, 2.45) is 0 Å². The van der Waals surface area contributed by atoms with Gasteiger partial charge in [-0.05, 0) is 37.2 Å². The van der Waals surface area contributed by atoms with Crippen LogP contribution in [0.3, 0.4) is 0 Å². The van der Waals surface area contributed by atoms with E-state index in [1.54, 1.807) is 6.07 Å². The summed E-state index contributed by atoms with van der Waals surface area (Å²) in [5.74, 6) is -0.157. The molecule has 0 amide bonds. The molecule has 0 saturated heterocycles. The Labute approximate surface area is 104 Å². The second-order valence-electron chi connectivity index (χ2n) is 4.92.